The second kappa shape index (κ2) is 11.5. The van der Waals surface area contributed by atoms with Crippen LogP contribution in [0.2, 0.25) is 0 Å². The highest BCUT2D eigenvalue weighted by Gasteiger charge is 2.25. The summed E-state index contributed by atoms with van der Waals surface area (Å²) >= 11 is 0. The maximum absolute atomic E-state index is 13.3. The molecule has 1 aliphatic heterocycles. The van der Waals surface area contributed by atoms with E-state index < -0.39 is 0 Å². The van der Waals surface area contributed by atoms with Crippen molar-refractivity contribution >= 4 is 35.2 Å². The number of aromatic nitrogens is 5. The number of nitrogen functional groups attached to an aromatic ring is 1. The van der Waals surface area contributed by atoms with Gasteiger partial charge in [0.1, 0.15) is 5.52 Å². The van der Waals surface area contributed by atoms with E-state index in [2.05, 4.69) is 25.5 Å². The minimum Gasteiger partial charge on any atom is -0.379 e. The summed E-state index contributed by atoms with van der Waals surface area (Å²) in [5.74, 6) is 0.419. The molecule has 4 aromatic rings. The Morgan fingerprint density at radius 2 is 1.92 bits per heavy atom. The SMILES string of the molecule is CCn1c(-c2nonc2N)nc2c(-c3ccccc3)ncc(C(=O)NCCCN3CCOCC3)c21.Cl. The number of rotatable bonds is 8. The third kappa shape index (κ3) is 5.03. The number of nitrogens with one attached hydrogen (secondary N) is 1. The smallest absolute Gasteiger partial charge is 0.255 e. The van der Waals surface area contributed by atoms with E-state index >= 15 is 0 Å². The molecule has 1 amide bonds. The van der Waals surface area contributed by atoms with Crippen molar-refractivity contribution in [3.05, 3.63) is 42.1 Å². The normalized spacial score (nSPS) is 14.0. The highest BCUT2D eigenvalue weighted by atomic mass is 35.5. The number of morpholine rings is 1. The van der Waals surface area contributed by atoms with Crippen LogP contribution in [0.3, 0.4) is 0 Å². The van der Waals surface area contributed by atoms with Crippen molar-refractivity contribution in [2.75, 3.05) is 45.1 Å². The van der Waals surface area contributed by atoms with Gasteiger partial charge in [0.2, 0.25) is 0 Å². The third-order valence-corrected chi connectivity index (χ3v) is 6.14. The van der Waals surface area contributed by atoms with Gasteiger partial charge in [0.05, 0.1) is 30.0 Å². The Labute approximate surface area is 214 Å². The zero-order valence-electron chi connectivity index (χ0n) is 20.0. The molecule has 0 bridgehead atoms. The first-order chi connectivity index (χ1) is 17.2. The summed E-state index contributed by atoms with van der Waals surface area (Å²) < 4.78 is 12.1. The number of hydrogen-bond donors (Lipinski definition) is 2. The van der Waals surface area contributed by atoms with Crippen LogP contribution >= 0.6 is 12.4 Å². The number of aryl methyl sites for hydroxylation is 1. The van der Waals surface area contributed by atoms with Crippen LogP contribution in [0.25, 0.3) is 33.8 Å². The summed E-state index contributed by atoms with van der Waals surface area (Å²) in [4.78, 5) is 25.1. The monoisotopic (exact) mass is 512 g/mol. The van der Waals surface area contributed by atoms with Crippen LogP contribution in [0.4, 0.5) is 5.82 Å². The Morgan fingerprint density at radius 1 is 1.14 bits per heavy atom. The molecule has 190 valence electrons. The fourth-order valence-corrected chi connectivity index (χ4v) is 4.38. The summed E-state index contributed by atoms with van der Waals surface area (Å²) in [6, 6.07) is 9.75. The minimum absolute atomic E-state index is 0. The lowest BCUT2D eigenvalue weighted by Gasteiger charge is -2.26. The minimum atomic E-state index is -0.198. The zero-order chi connectivity index (χ0) is 24.2. The number of amides is 1. The molecule has 4 heterocycles. The molecular weight excluding hydrogens is 484 g/mol. The van der Waals surface area contributed by atoms with Gasteiger partial charge >= 0.3 is 0 Å². The first-order valence-electron chi connectivity index (χ1n) is 11.8. The van der Waals surface area contributed by atoms with Gasteiger partial charge in [-0.15, -0.1) is 12.4 Å². The second-order valence-electron chi connectivity index (χ2n) is 8.32. The predicted molar refractivity (Wildman–Crippen MR) is 138 cm³/mol. The van der Waals surface area contributed by atoms with Gasteiger partial charge in [-0.1, -0.05) is 30.3 Å². The number of anilines is 1. The number of carbonyl (C=O) groups is 1. The molecule has 1 fully saturated rings. The van der Waals surface area contributed by atoms with E-state index in [0.717, 1.165) is 44.8 Å². The van der Waals surface area contributed by atoms with Crippen LogP contribution in [0.5, 0.6) is 0 Å². The predicted octanol–water partition coefficient (Wildman–Crippen LogP) is 2.62. The van der Waals surface area contributed by atoms with Crippen LogP contribution in [0, 0.1) is 0 Å². The van der Waals surface area contributed by atoms with Crippen LogP contribution < -0.4 is 11.1 Å². The summed E-state index contributed by atoms with van der Waals surface area (Å²) in [6.45, 7) is 7.37. The molecule has 36 heavy (non-hydrogen) atoms. The van der Waals surface area contributed by atoms with Crippen molar-refractivity contribution in [2.24, 2.45) is 0 Å². The van der Waals surface area contributed by atoms with E-state index in [-0.39, 0.29) is 24.1 Å². The number of pyridine rings is 1. The van der Waals surface area contributed by atoms with E-state index in [1.165, 1.54) is 0 Å². The molecule has 5 rings (SSSR count). The summed E-state index contributed by atoms with van der Waals surface area (Å²) in [7, 11) is 0. The molecule has 0 aliphatic carbocycles. The molecule has 1 saturated heterocycles. The van der Waals surface area contributed by atoms with Crippen LogP contribution in [-0.2, 0) is 11.3 Å². The number of imidazole rings is 1. The number of hydrogen-bond acceptors (Lipinski definition) is 9. The van der Waals surface area contributed by atoms with Crippen molar-refractivity contribution in [3.63, 3.8) is 0 Å². The van der Waals surface area contributed by atoms with E-state index in [4.69, 9.17) is 20.1 Å². The molecule has 0 saturated carbocycles. The molecule has 3 N–H and O–H groups in total. The molecule has 0 radical (unpaired) electrons. The number of fused-ring (bicyclic) bond motifs is 1. The van der Waals surface area contributed by atoms with Gasteiger partial charge in [0, 0.05) is 37.9 Å². The first kappa shape index (κ1) is 25.5. The lowest BCUT2D eigenvalue weighted by molar-refractivity contribution is 0.0374. The zero-order valence-corrected chi connectivity index (χ0v) is 20.8. The van der Waals surface area contributed by atoms with E-state index in [9.17, 15) is 4.79 Å². The molecule has 1 aliphatic rings. The average molecular weight is 513 g/mol. The van der Waals surface area contributed by atoms with Gasteiger partial charge < -0.3 is 20.4 Å². The number of carbonyl (C=O) groups excluding carboxylic acids is 1. The molecule has 0 spiro atoms. The summed E-state index contributed by atoms with van der Waals surface area (Å²) in [5, 5.41) is 10.7. The maximum atomic E-state index is 13.3. The van der Waals surface area contributed by atoms with Crippen LogP contribution in [-0.4, -0.2) is 75.0 Å². The van der Waals surface area contributed by atoms with Gasteiger partial charge in [-0.05, 0) is 30.2 Å². The molecule has 3 aromatic heterocycles. The van der Waals surface area contributed by atoms with Crippen LogP contribution in [0.15, 0.2) is 41.2 Å². The second-order valence-corrected chi connectivity index (χ2v) is 8.32. The lowest BCUT2D eigenvalue weighted by atomic mass is 10.1. The van der Waals surface area contributed by atoms with Crippen molar-refractivity contribution in [1.82, 2.24) is 35.1 Å². The third-order valence-electron chi connectivity index (χ3n) is 6.14. The van der Waals surface area contributed by atoms with Crippen molar-refractivity contribution in [3.8, 4) is 22.8 Å². The largest absolute Gasteiger partial charge is 0.379 e. The Hall–Kier alpha value is -3.54. The Balaban J connectivity index is 0.00000304. The fourth-order valence-electron chi connectivity index (χ4n) is 4.38. The molecule has 0 unspecified atom stereocenters. The van der Waals surface area contributed by atoms with Gasteiger partial charge in [0.25, 0.3) is 5.91 Å². The summed E-state index contributed by atoms with van der Waals surface area (Å²) in [6.07, 6.45) is 2.47. The number of ether oxygens (including phenoxy) is 1. The number of benzene rings is 1. The Bertz CT molecular complexity index is 1320. The van der Waals surface area contributed by atoms with Gasteiger partial charge in [-0.3, -0.25) is 14.7 Å². The van der Waals surface area contributed by atoms with Gasteiger partial charge in [-0.2, -0.15) is 0 Å². The standard InChI is InChI=1S/C24H28N8O3.ClH/c1-2-32-21-17(24(33)26-9-6-10-31-11-13-34-14-12-31)15-27-18(16-7-4-3-5-8-16)19(21)28-23(32)20-22(25)30-35-29-20;/h3-5,7-8,15H,2,6,9-14H2,1H3,(H2,25,30)(H,26,33);1H. The topological polar surface area (TPSA) is 137 Å². The van der Waals surface area contributed by atoms with Crippen molar-refractivity contribution in [2.45, 2.75) is 19.9 Å². The molecular formula is C24H29ClN8O3. The van der Waals surface area contributed by atoms with Gasteiger partial charge in [0.15, 0.2) is 17.3 Å². The average Bonchev–Trinajstić information content (AvgIpc) is 3.50. The summed E-state index contributed by atoms with van der Waals surface area (Å²) in [5.41, 5.74) is 9.59. The number of nitrogens with zero attached hydrogens (tertiary/aromatic N) is 6. The Morgan fingerprint density at radius 3 is 2.61 bits per heavy atom. The molecule has 1 aromatic carbocycles. The highest BCUT2D eigenvalue weighted by molar-refractivity contribution is 6.08. The van der Waals surface area contributed by atoms with Gasteiger partial charge in [-0.25, -0.2) is 9.61 Å². The number of nitrogens with two attached hydrogens (primary N) is 1. The quantitative estimate of drug-likeness (QED) is 0.341. The Kier molecular flexibility index (Phi) is 8.14. The maximum Gasteiger partial charge on any atom is 0.255 e. The van der Waals surface area contributed by atoms with E-state index in [1.807, 2.05) is 41.8 Å². The van der Waals surface area contributed by atoms with Crippen LogP contribution in [0.1, 0.15) is 23.7 Å². The first-order valence-corrected chi connectivity index (χ1v) is 11.8. The van der Waals surface area contributed by atoms with Crippen molar-refractivity contribution < 1.29 is 14.2 Å². The fraction of sp³-hybridized carbons (Fsp3) is 0.375. The molecule has 12 heteroatoms. The highest BCUT2D eigenvalue weighted by Crippen LogP contribution is 2.33. The number of halogens is 1. The molecule has 0 atom stereocenters. The van der Waals surface area contributed by atoms with E-state index in [0.29, 0.717) is 46.9 Å². The molecule has 11 nitrogen and oxygen atoms in total. The lowest BCUT2D eigenvalue weighted by Crippen LogP contribution is -2.38. The van der Waals surface area contributed by atoms with Crippen molar-refractivity contribution in [1.29, 1.82) is 0 Å². The van der Waals surface area contributed by atoms with E-state index in [1.54, 1.807) is 6.20 Å².